The number of anilines is 1. The van der Waals surface area contributed by atoms with Gasteiger partial charge in [0.2, 0.25) is 15.9 Å². The predicted molar refractivity (Wildman–Crippen MR) is 81.4 cm³/mol. The Labute approximate surface area is 121 Å². The minimum Gasteiger partial charge on any atom is -0.352 e. The monoisotopic (exact) mass is 298 g/mol. The van der Waals surface area contributed by atoms with E-state index >= 15 is 0 Å². The highest BCUT2D eigenvalue weighted by molar-refractivity contribution is 7.92. The molecule has 0 aliphatic heterocycles. The molecule has 0 heterocycles. The Balaban J connectivity index is 3.08. The van der Waals surface area contributed by atoms with Crippen molar-refractivity contribution in [1.29, 1.82) is 0 Å². The summed E-state index contributed by atoms with van der Waals surface area (Å²) < 4.78 is 24.9. The van der Waals surface area contributed by atoms with Crippen LogP contribution in [0.1, 0.15) is 25.0 Å². The topological polar surface area (TPSA) is 66.5 Å². The van der Waals surface area contributed by atoms with Crippen LogP contribution in [0.2, 0.25) is 0 Å². The average molecular weight is 298 g/mol. The molecule has 20 heavy (non-hydrogen) atoms. The van der Waals surface area contributed by atoms with Gasteiger partial charge in [0.15, 0.2) is 0 Å². The van der Waals surface area contributed by atoms with E-state index < -0.39 is 10.0 Å². The number of amides is 1. The number of hydrogen-bond donors (Lipinski definition) is 1. The van der Waals surface area contributed by atoms with Gasteiger partial charge in [-0.1, -0.05) is 6.07 Å². The molecule has 0 radical (unpaired) electrons. The number of rotatable bonds is 5. The summed E-state index contributed by atoms with van der Waals surface area (Å²) in [6.07, 6.45) is 1.10. The van der Waals surface area contributed by atoms with Gasteiger partial charge in [0.25, 0.3) is 0 Å². The van der Waals surface area contributed by atoms with E-state index in [4.69, 9.17) is 0 Å². The van der Waals surface area contributed by atoms with E-state index in [9.17, 15) is 13.2 Å². The van der Waals surface area contributed by atoms with E-state index in [0.717, 1.165) is 21.7 Å². The molecule has 112 valence electrons. The van der Waals surface area contributed by atoms with Crippen LogP contribution in [-0.4, -0.2) is 33.2 Å². The lowest BCUT2D eigenvalue weighted by Gasteiger charge is -2.23. The molecule has 0 aromatic heterocycles. The molecule has 0 aliphatic carbocycles. The molecule has 0 saturated carbocycles. The number of sulfonamides is 1. The Kier molecular flexibility index (Phi) is 5.16. The first-order valence-electron chi connectivity index (χ1n) is 6.45. The summed E-state index contributed by atoms with van der Waals surface area (Å²) in [6.45, 7) is 7.32. The van der Waals surface area contributed by atoms with Crippen molar-refractivity contribution in [1.82, 2.24) is 5.32 Å². The lowest BCUT2D eigenvalue weighted by atomic mass is 10.1. The van der Waals surface area contributed by atoms with Gasteiger partial charge in [-0.15, -0.1) is 0 Å². The smallest absolute Gasteiger partial charge is 0.240 e. The van der Waals surface area contributed by atoms with Gasteiger partial charge in [0.05, 0.1) is 11.9 Å². The van der Waals surface area contributed by atoms with Crippen molar-refractivity contribution >= 4 is 21.6 Å². The van der Waals surface area contributed by atoms with Gasteiger partial charge >= 0.3 is 0 Å². The average Bonchev–Trinajstić information content (AvgIpc) is 2.27. The number of benzene rings is 1. The third-order valence-corrected chi connectivity index (χ3v) is 4.06. The number of aryl methyl sites for hydroxylation is 2. The lowest BCUT2D eigenvalue weighted by molar-refractivity contribution is -0.120. The third kappa shape index (κ3) is 4.52. The van der Waals surface area contributed by atoms with Crippen molar-refractivity contribution in [3.05, 3.63) is 29.3 Å². The summed E-state index contributed by atoms with van der Waals surface area (Å²) in [7, 11) is -3.51. The second-order valence-electron chi connectivity index (χ2n) is 5.26. The van der Waals surface area contributed by atoms with Crippen molar-refractivity contribution in [2.75, 3.05) is 17.1 Å². The number of carbonyl (C=O) groups is 1. The first-order chi connectivity index (χ1) is 9.11. The maximum Gasteiger partial charge on any atom is 0.240 e. The van der Waals surface area contributed by atoms with E-state index in [1.54, 1.807) is 12.1 Å². The van der Waals surface area contributed by atoms with Gasteiger partial charge in [0, 0.05) is 6.04 Å². The molecule has 0 fully saturated rings. The molecule has 1 amide bonds. The Morgan fingerprint density at radius 3 is 2.30 bits per heavy atom. The van der Waals surface area contributed by atoms with E-state index in [1.807, 2.05) is 33.8 Å². The van der Waals surface area contributed by atoms with E-state index in [2.05, 4.69) is 5.32 Å². The van der Waals surface area contributed by atoms with Crippen LogP contribution in [0, 0.1) is 13.8 Å². The summed E-state index contributed by atoms with van der Waals surface area (Å²) in [4.78, 5) is 11.8. The maximum absolute atomic E-state index is 11.9. The highest BCUT2D eigenvalue weighted by atomic mass is 32.2. The van der Waals surface area contributed by atoms with Gasteiger partial charge in [-0.2, -0.15) is 0 Å². The molecule has 0 spiro atoms. The first kappa shape index (κ1) is 16.5. The van der Waals surface area contributed by atoms with E-state index in [0.29, 0.717) is 5.69 Å². The second-order valence-corrected chi connectivity index (χ2v) is 7.17. The zero-order valence-corrected chi connectivity index (χ0v) is 13.4. The highest BCUT2D eigenvalue weighted by Gasteiger charge is 2.21. The molecule has 1 rings (SSSR count). The summed E-state index contributed by atoms with van der Waals surface area (Å²) in [5.74, 6) is -0.316. The zero-order chi connectivity index (χ0) is 15.5. The van der Waals surface area contributed by atoms with Gasteiger partial charge in [-0.3, -0.25) is 9.10 Å². The summed E-state index contributed by atoms with van der Waals surface area (Å²) in [6, 6.07) is 5.32. The molecule has 0 atom stereocenters. The van der Waals surface area contributed by atoms with Crippen LogP contribution in [0.5, 0.6) is 0 Å². The third-order valence-electron chi connectivity index (χ3n) is 2.92. The SMILES string of the molecule is Cc1ccc(N(CC(=O)NC(C)C)S(C)(=O)=O)cc1C. The molecule has 0 bridgehead atoms. The van der Waals surface area contributed by atoms with Crippen LogP contribution in [0.15, 0.2) is 18.2 Å². The Morgan fingerprint density at radius 1 is 1.25 bits per heavy atom. The van der Waals surface area contributed by atoms with Crippen LogP contribution in [0.3, 0.4) is 0 Å². The van der Waals surface area contributed by atoms with Gasteiger partial charge in [0.1, 0.15) is 6.54 Å². The largest absolute Gasteiger partial charge is 0.352 e. The van der Waals surface area contributed by atoms with Gasteiger partial charge in [-0.05, 0) is 51.0 Å². The summed E-state index contributed by atoms with van der Waals surface area (Å²) in [5, 5.41) is 2.70. The van der Waals surface area contributed by atoms with Crippen molar-refractivity contribution < 1.29 is 13.2 Å². The highest BCUT2D eigenvalue weighted by Crippen LogP contribution is 2.20. The molecule has 1 N–H and O–H groups in total. The minimum absolute atomic E-state index is 0.0244. The standard InChI is InChI=1S/C14H22N2O3S/c1-10(2)15-14(17)9-16(20(5,18)19)13-7-6-11(3)12(4)8-13/h6-8,10H,9H2,1-5H3,(H,15,17). The van der Waals surface area contributed by atoms with Gasteiger partial charge < -0.3 is 5.32 Å². The normalized spacial score (nSPS) is 11.5. The van der Waals surface area contributed by atoms with Crippen LogP contribution < -0.4 is 9.62 Å². The molecule has 1 aromatic carbocycles. The Bertz CT molecular complexity index is 594. The number of nitrogens with one attached hydrogen (secondary N) is 1. The van der Waals surface area contributed by atoms with E-state index in [-0.39, 0.29) is 18.5 Å². The second kappa shape index (κ2) is 6.26. The Morgan fingerprint density at radius 2 is 1.85 bits per heavy atom. The zero-order valence-electron chi connectivity index (χ0n) is 12.6. The van der Waals surface area contributed by atoms with E-state index in [1.165, 1.54) is 0 Å². The fourth-order valence-corrected chi connectivity index (χ4v) is 2.63. The quantitative estimate of drug-likeness (QED) is 0.898. The molecule has 5 nitrogen and oxygen atoms in total. The fraction of sp³-hybridized carbons (Fsp3) is 0.500. The van der Waals surface area contributed by atoms with Crippen LogP contribution in [-0.2, 0) is 14.8 Å². The van der Waals surface area contributed by atoms with Crippen molar-refractivity contribution in [2.24, 2.45) is 0 Å². The number of hydrogen-bond acceptors (Lipinski definition) is 3. The number of nitrogens with zero attached hydrogens (tertiary/aromatic N) is 1. The van der Waals surface area contributed by atoms with Crippen molar-refractivity contribution in [2.45, 2.75) is 33.7 Å². The van der Waals surface area contributed by atoms with Crippen LogP contribution >= 0.6 is 0 Å². The molecule has 0 unspecified atom stereocenters. The molecular weight excluding hydrogens is 276 g/mol. The first-order valence-corrected chi connectivity index (χ1v) is 8.30. The lowest BCUT2D eigenvalue weighted by Crippen LogP contribution is -2.42. The fourth-order valence-electron chi connectivity index (χ4n) is 1.78. The van der Waals surface area contributed by atoms with Crippen molar-refractivity contribution in [3.8, 4) is 0 Å². The number of carbonyl (C=O) groups excluding carboxylic acids is 1. The molecule has 1 aromatic rings. The Hall–Kier alpha value is -1.56. The summed E-state index contributed by atoms with van der Waals surface area (Å²) >= 11 is 0. The molecule has 6 heteroatoms. The summed E-state index contributed by atoms with van der Waals surface area (Å²) in [5.41, 5.74) is 2.57. The minimum atomic E-state index is -3.51. The van der Waals surface area contributed by atoms with Crippen LogP contribution in [0.4, 0.5) is 5.69 Å². The van der Waals surface area contributed by atoms with Crippen LogP contribution in [0.25, 0.3) is 0 Å². The molecule has 0 aliphatic rings. The van der Waals surface area contributed by atoms with Gasteiger partial charge in [-0.25, -0.2) is 8.42 Å². The predicted octanol–water partition coefficient (Wildman–Crippen LogP) is 1.59. The maximum atomic E-state index is 11.9. The van der Waals surface area contributed by atoms with Crippen molar-refractivity contribution in [3.63, 3.8) is 0 Å². The molecule has 0 saturated heterocycles. The molecular formula is C14H22N2O3S.